The Morgan fingerprint density at radius 2 is 2.10 bits per heavy atom. The average Bonchev–Trinajstić information content (AvgIpc) is 2.08. The van der Waals surface area contributed by atoms with Crippen LogP contribution in [0.15, 0.2) is 0 Å². The van der Waals surface area contributed by atoms with E-state index in [1.165, 1.54) is 0 Å². The zero-order valence-electron chi connectivity index (χ0n) is 5.71. The van der Waals surface area contributed by atoms with Gasteiger partial charge in [0.1, 0.15) is 0 Å². The second-order valence-electron chi connectivity index (χ2n) is 3.28. The Hall–Kier alpha value is -0.0900. The molecule has 0 aromatic heterocycles. The number of fused-ring (bicyclic) bond motifs is 2. The molecule has 2 aliphatic heterocycles. The minimum Gasteiger partial charge on any atom is -0.313 e. The van der Waals surface area contributed by atoms with Crippen LogP contribution in [0, 0.1) is 5.92 Å². The molecule has 1 N–H and O–H groups in total. The van der Waals surface area contributed by atoms with Gasteiger partial charge in [-0.1, -0.05) is 0 Å². The molecule has 3 nitrogen and oxygen atoms in total. The fourth-order valence-electron chi connectivity index (χ4n) is 1.89. The Morgan fingerprint density at radius 3 is 2.80 bits per heavy atom. The van der Waals surface area contributed by atoms with Crippen LogP contribution in [-0.2, 0) is 9.84 Å². The summed E-state index contributed by atoms with van der Waals surface area (Å²) < 4.78 is 22.1. The van der Waals surface area contributed by atoms with Crippen LogP contribution in [0.4, 0.5) is 0 Å². The molecule has 0 amide bonds. The molecule has 2 unspecified atom stereocenters. The molecule has 2 atom stereocenters. The molecule has 0 aliphatic carbocycles. The number of hydrogen-bond donors (Lipinski definition) is 1. The smallest absolute Gasteiger partial charge is 0.152 e. The summed E-state index contributed by atoms with van der Waals surface area (Å²) >= 11 is 0. The normalized spacial score (nSPS) is 43.6. The van der Waals surface area contributed by atoms with Gasteiger partial charge in [0, 0.05) is 6.04 Å². The molecule has 0 saturated carbocycles. The van der Waals surface area contributed by atoms with Crippen molar-refractivity contribution in [3.63, 3.8) is 0 Å². The molecule has 58 valence electrons. The van der Waals surface area contributed by atoms with Crippen molar-refractivity contribution in [3.05, 3.63) is 0 Å². The van der Waals surface area contributed by atoms with E-state index in [9.17, 15) is 8.42 Å². The number of rotatable bonds is 0. The van der Waals surface area contributed by atoms with Gasteiger partial charge in [-0.15, -0.1) is 0 Å². The molecular weight excluding hydrogens is 150 g/mol. The van der Waals surface area contributed by atoms with E-state index in [2.05, 4.69) is 5.32 Å². The van der Waals surface area contributed by atoms with Crippen LogP contribution >= 0.6 is 0 Å². The Labute approximate surface area is 60.7 Å². The summed E-state index contributed by atoms with van der Waals surface area (Å²) in [5, 5.41) is 3.19. The number of sulfone groups is 1. The SMILES string of the molecule is O=S1(=O)CC2CNC(C2)C1. The molecule has 2 rings (SSSR count). The van der Waals surface area contributed by atoms with Gasteiger partial charge in [-0.3, -0.25) is 0 Å². The first-order valence-electron chi connectivity index (χ1n) is 3.59. The molecular formula is C6H11NO2S. The zero-order chi connectivity index (χ0) is 7.19. The fourth-order valence-corrected chi connectivity index (χ4v) is 3.87. The molecule has 2 aliphatic rings. The highest BCUT2D eigenvalue weighted by Crippen LogP contribution is 2.23. The number of nitrogens with one attached hydrogen (secondary N) is 1. The maximum absolute atomic E-state index is 11.1. The van der Waals surface area contributed by atoms with Gasteiger partial charge in [0.2, 0.25) is 0 Å². The number of hydrogen-bond acceptors (Lipinski definition) is 3. The van der Waals surface area contributed by atoms with E-state index in [-0.39, 0.29) is 6.04 Å². The third-order valence-corrected chi connectivity index (χ3v) is 4.15. The molecule has 2 heterocycles. The summed E-state index contributed by atoms with van der Waals surface area (Å²) in [5.74, 6) is 1.18. The third-order valence-electron chi connectivity index (χ3n) is 2.26. The molecule has 10 heavy (non-hydrogen) atoms. The van der Waals surface area contributed by atoms with Crippen molar-refractivity contribution in [3.8, 4) is 0 Å². The lowest BCUT2D eigenvalue weighted by Gasteiger charge is -2.16. The van der Waals surface area contributed by atoms with Gasteiger partial charge >= 0.3 is 0 Å². The maximum Gasteiger partial charge on any atom is 0.152 e. The van der Waals surface area contributed by atoms with Crippen LogP contribution in [-0.4, -0.2) is 32.5 Å². The maximum atomic E-state index is 11.1. The highest BCUT2D eigenvalue weighted by atomic mass is 32.2. The Kier molecular flexibility index (Phi) is 1.29. The van der Waals surface area contributed by atoms with Gasteiger partial charge in [0.05, 0.1) is 11.5 Å². The molecule has 0 aromatic carbocycles. The Bertz CT molecular complexity index is 216. The Balaban J connectivity index is 2.25. The summed E-state index contributed by atoms with van der Waals surface area (Å²) in [5.41, 5.74) is 0. The zero-order valence-corrected chi connectivity index (χ0v) is 6.52. The van der Waals surface area contributed by atoms with E-state index in [0.717, 1.165) is 13.0 Å². The first kappa shape index (κ1) is 6.61. The first-order valence-corrected chi connectivity index (χ1v) is 5.42. The summed E-state index contributed by atoms with van der Waals surface area (Å²) in [6.07, 6.45) is 1.07. The second-order valence-corrected chi connectivity index (χ2v) is 5.44. The topological polar surface area (TPSA) is 46.2 Å². The molecule has 0 spiro atoms. The lowest BCUT2D eigenvalue weighted by molar-refractivity contribution is 0.537. The van der Waals surface area contributed by atoms with Crippen molar-refractivity contribution in [1.82, 2.24) is 5.32 Å². The lowest BCUT2D eigenvalue weighted by Crippen LogP contribution is -2.32. The van der Waals surface area contributed by atoms with Crippen molar-refractivity contribution in [1.29, 1.82) is 0 Å². The fraction of sp³-hybridized carbons (Fsp3) is 1.00. The van der Waals surface area contributed by atoms with Gasteiger partial charge in [0.15, 0.2) is 9.84 Å². The molecule has 4 heteroatoms. The van der Waals surface area contributed by atoms with E-state index in [1.807, 2.05) is 0 Å². The van der Waals surface area contributed by atoms with Gasteiger partial charge in [0.25, 0.3) is 0 Å². The summed E-state index contributed by atoms with van der Waals surface area (Å²) in [4.78, 5) is 0. The quantitative estimate of drug-likeness (QED) is 0.515. The van der Waals surface area contributed by atoms with Gasteiger partial charge in [-0.05, 0) is 18.9 Å². The first-order chi connectivity index (χ1) is 4.66. The van der Waals surface area contributed by atoms with Crippen LogP contribution in [0.1, 0.15) is 6.42 Å². The van der Waals surface area contributed by atoms with Crippen molar-refractivity contribution in [2.75, 3.05) is 18.1 Å². The predicted molar refractivity (Wildman–Crippen MR) is 38.6 cm³/mol. The summed E-state index contributed by atoms with van der Waals surface area (Å²) in [6.45, 7) is 0.907. The molecule has 0 radical (unpaired) electrons. The van der Waals surface area contributed by atoms with Crippen molar-refractivity contribution >= 4 is 9.84 Å². The van der Waals surface area contributed by atoms with E-state index >= 15 is 0 Å². The third kappa shape index (κ3) is 1.06. The molecule has 2 fully saturated rings. The van der Waals surface area contributed by atoms with Crippen molar-refractivity contribution in [2.45, 2.75) is 12.5 Å². The van der Waals surface area contributed by atoms with Gasteiger partial charge in [-0.25, -0.2) is 8.42 Å². The highest BCUT2D eigenvalue weighted by Gasteiger charge is 2.36. The van der Waals surface area contributed by atoms with Crippen LogP contribution in [0.2, 0.25) is 0 Å². The van der Waals surface area contributed by atoms with Gasteiger partial charge < -0.3 is 5.32 Å². The van der Waals surface area contributed by atoms with Crippen LogP contribution < -0.4 is 5.32 Å². The van der Waals surface area contributed by atoms with Crippen LogP contribution in [0.5, 0.6) is 0 Å². The molecule has 0 aromatic rings. The van der Waals surface area contributed by atoms with Crippen LogP contribution in [0.3, 0.4) is 0 Å². The largest absolute Gasteiger partial charge is 0.313 e. The minimum absolute atomic E-state index is 0.267. The summed E-state index contributed by atoms with van der Waals surface area (Å²) in [6, 6.07) is 0.267. The molecule has 2 bridgehead atoms. The van der Waals surface area contributed by atoms with Crippen LogP contribution in [0.25, 0.3) is 0 Å². The minimum atomic E-state index is -2.68. The van der Waals surface area contributed by atoms with E-state index in [1.54, 1.807) is 0 Å². The standard InChI is InChI=1S/C6H11NO2S/c8-10(9)3-5-1-6(4-10)7-2-5/h5-7H,1-4H2. The predicted octanol–water partition coefficient (Wildman–Crippen LogP) is -0.607. The monoisotopic (exact) mass is 161 g/mol. The van der Waals surface area contributed by atoms with Crippen molar-refractivity contribution in [2.24, 2.45) is 5.92 Å². The van der Waals surface area contributed by atoms with Gasteiger partial charge in [-0.2, -0.15) is 0 Å². The van der Waals surface area contributed by atoms with E-state index in [4.69, 9.17) is 0 Å². The average molecular weight is 161 g/mol. The summed E-state index contributed by atoms with van der Waals surface area (Å²) in [7, 11) is -2.68. The second kappa shape index (κ2) is 1.95. The Morgan fingerprint density at radius 1 is 1.30 bits per heavy atom. The lowest BCUT2D eigenvalue weighted by atomic mass is 10.1. The van der Waals surface area contributed by atoms with E-state index in [0.29, 0.717) is 17.4 Å². The highest BCUT2D eigenvalue weighted by molar-refractivity contribution is 7.91. The van der Waals surface area contributed by atoms with Crippen molar-refractivity contribution < 1.29 is 8.42 Å². The molecule has 2 saturated heterocycles. The van der Waals surface area contributed by atoms with E-state index < -0.39 is 9.84 Å².